The van der Waals surface area contributed by atoms with Crippen LogP contribution < -0.4 is 9.47 Å². The van der Waals surface area contributed by atoms with E-state index >= 15 is 0 Å². The largest absolute Gasteiger partial charge is 0.494 e. The Morgan fingerprint density at radius 3 is 2.51 bits per heavy atom. The number of carbonyl (C=O) groups excluding carboxylic acids is 2. The highest BCUT2D eigenvalue weighted by Gasteiger charge is 2.36. The van der Waals surface area contributed by atoms with Gasteiger partial charge in [0.25, 0.3) is 0 Å². The molecule has 0 spiro atoms. The van der Waals surface area contributed by atoms with E-state index in [0.717, 1.165) is 78.2 Å². The van der Waals surface area contributed by atoms with Crippen molar-refractivity contribution in [2.75, 3.05) is 45.9 Å². The molecule has 3 heterocycles. The highest BCUT2D eigenvalue weighted by molar-refractivity contribution is 6.31. The number of amides is 2. The Labute approximate surface area is 257 Å². The SMILES string of the molecule is CC(=O)N1CCN(CCCOc2cccc(C3c4[nH]c5ccc(Cl)cc5c4CCN3C(=O)Oc3ccc(C)cc3)c2)CC1. The van der Waals surface area contributed by atoms with Crippen LogP contribution in [0.4, 0.5) is 4.79 Å². The summed E-state index contributed by atoms with van der Waals surface area (Å²) in [6.07, 6.45) is 1.18. The lowest BCUT2D eigenvalue weighted by Crippen LogP contribution is -2.48. The van der Waals surface area contributed by atoms with Crippen LogP contribution in [0.5, 0.6) is 11.5 Å². The standard InChI is InChI=1S/C34H37ClN4O4/c1-23-7-10-27(11-8-23)43-34(41)39-15-13-29-30-22-26(35)9-12-31(30)36-32(29)33(39)25-5-3-6-28(21-25)42-20-4-14-37-16-18-38(19-17-37)24(2)40/h3,5-12,21-22,33,36H,4,13-20H2,1-2H3. The molecule has 8 nitrogen and oxygen atoms in total. The van der Waals surface area contributed by atoms with Crippen LogP contribution in [0.2, 0.25) is 5.02 Å². The van der Waals surface area contributed by atoms with Crippen LogP contribution >= 0.6 is 11.6 Å². The number of aryl methyl sites for hydroxylation is 1. The minimum atomic E-state index is -0.396. The van der Waals surface area contributed by atoms with Gasteiger partial charge in [0.15, 0.2) is 0 Å². The molecule has 1 saturated heterocycles. The number of hydrogen-bond donors (Lipinski definition) is 1. The number of nitrogens with zero attached hydrogens (tertiary/aromatic N) is 3. The molecule has 1 fully saturated rings. The molecule has 2 amide bonds. The molecular formula is C34H37ClN4O4. The van der Waals surface area contributed by atoms with Gasteiger partial charge in [-0.1, -0.05) is 41.4 Å². The first-order valence-electron chi connectivity index (χ1n) is 14.9. The number of aromatic nitrogens is 1. The second kappa shape index (κ2) is 12.7. The summed E-state index contributed by atoms with van der Waals surface area (Å²) >= 11 is 6.37. The predicted molar refractivity (Wildman–Crippen MR) is 168 cm³/mol. The van der Waals surface area contributed by atoms with Crippen LogP contribution in [0.3, 0.4) is 0 Å². The third kappa shape index (κ3) is 6.50. The number of piperazine rings is 1. The zero-order chi connectivity index (χ0) is 29.9. The lowest BCUT2D eigenvalue weighted by atomic mass is 9.92. The molecule has 0 radical (unpaired) electrons. The second-order valence-electron chi connectivity index (χ2n) is 11.4. The monoisotopic (exact) mass is 600 g/mol. The molecule has 0 aliphatic carbocycles. The number of hydrogen-bond acceptors (Lipinski definition) is 5. The average Bonchev–Trinajstić information content (AvgIpc) is 3.38. The van der Waals surface area contributed by atoms with Gasteiger partial charge in [0.2, 0.25) is 5.91 Å². The zero-order valence-corrected chi connectivity index (χ0v) is 25.4. The highest BCUT2D eigenvalue weighted by atomic mass is 35.5. The van der Waals surface area contributed by atoms with E-state index in [9.17, 15) is 9.59 Å². The lowest BCUT2D eigenvalue weighted by molar-refractivity contribution is -0.130. The Kier molecular flexibility index (Phi) is 8.58. The van der Waals surface area contributed by atoms with Crippen LogP contribution in [0, 0.1) is 6.92 Å². The summed E-state index contributed by atoms with van der Waals surface area (Å²) in [6, 6.07) is 21.0. The number of benzene rings is 3. The van der Waals surface area contributed by atoms with Crippen molar-refractivity contribution in [1.82, 2.24) is 19.7 Å². The Bertz CT molecular complexity index is 1610. The van der Waals surface area contributed by atoms with Gasteiger partial charge in [-0.2, -0.15) is 0 Å². The van der Waals surface area contributed by atoms with E-state index in [4.69, 9.17) is 21.1 Å². The van der Waals surface area contributed by atoms with Crippen molar-refractivity contribution in [3.63, 3.8) is 0 Å². The molecule has 224 valence electrons. The Morgan fingerprint density at radius 2 is 1.74 bits per heavy atom. The van der Waals surface area contributed by atoms with Crippen molar-refractivity contribution in [1.29, 1.82) is 0 Å². The average molecular weight is 601 g/mol. The maximum absolute atomic E-state index is 13.6. The van der Waals surface area contributed by atoms with E-state index in [-0.39, 0.29) is 11.9 Å². The normalized spacial score (nSPS) is 17.1. The van der Waals surface area contributed by atoms with Gasteiger partial charge in [-0.25, -0.2) is 4.79 Å². The molecule has 2 aliphatic heterocycles. The fourth-order valence-electron chi connectivity index (χ4n) is 6.11. The summed E-state index contributed by atoms with van der Waals surface area (Å²) < 4.78 is 12.0. The van der Waals surface area contributed by atoms with Crippen molar-refractivity contribution < 1.29 is 19.1 Å². The summed E-state index contributed by atoms with van der Waals surface area (Å²) in [4.78, 5) is 34.9. The summed E-state index contributed by atoms with van der Waals surface area (Å²) in [5.74, 6) is 1.42. The zero-order valence-electron chi connectivity index (χ0n) is 24.6. The topological polar surface area (TPSA) is 78.1 Å². The first kappa shape index (κ1) is 29.1. The number of carbonyl (C=O) groups is 2. The molecular weight excluding hydrogens is 564 g/mol. The third-order valence-electron chi connectivity index (χ3n) is 8.43. The Hall–Kier alpha value is -4.01. The smallest absolute Gasteiger partial charge is 0.416 e. The summed E-state index contributed by atoms with van der Waals surface area (Å²) in [7, 11) is 0. The number of ether oxygens (including phenoxy) is 2. The minimum absolute atomic E-state index is 0.145. The summed E-state index contributed by atoms with van der Waals surface area (Å²) in [6.45, 7) is 8.99. The molecule has 6 rings (SSSR count). The molecule has 0 saturated carbocycles. The van der Waals surface area contributed by atoms with Gasteiger partial charge in [-0.15, -0.1) is 0 Å². The molecule has 1 aromatic heterocycles. The van der Waals surface area contributed by atoms with Crippen molar-refractivity contribution in [2.45, 2.75) is 32.7 Å². The number of fused-ring (bicyclic) bond motifs is 3. The van der Waals surface area contributed by atoms with Crippen molar-refractivity contribution in [2.24, 2.45) is 0 Å². The third-order valence-corrected chi connectivity index (χ3v) is 8.66. The second-order valence-corrected chi connectivity index (χ2v) is 11.8. The maximum atomic E-state index is 13.6. The quantitative estimate of drug-likeness (QED) is 0.255. The molecule has 2 aliphatic rings. The number of rotatable bonds is 7. The number of aromatic amines is 1. The Balaban J connectivity index is 1.20. The van der Waals surface area contributed by atoms with Crippen molar-refractivity contribution >= 4 is 34.5 Å². The molecule has 3 aromatic carbocycles. The highest BCUT2D eigenvalue weighted by Crippen LogP contribution is 2.40. The minimum Gasteiger partial charge on any atom is -0.494 e. The fraction of sp³-hybridized carbons (Fsp3) is 0.353. The van der Waals surface area contributed by atoms with Gasteiger partial charge in [0.05, 0.1) is 6.61 Å². The number of halogens is 1. The molecule has 9 heteroatoms. The summed E-state index contributed by atoms with van der Waals surface area (Å²) in [5, 5.41) is 1.76. The number of nitrogens with one attached hydrogen (secondary N) is 1. The lowest BCUT2D eigenvalue weighted by Gasteiger charge is -2.35. The van der Waals surface area contributed by atoms with Crippen molar-refractivity contribution in [3.8, 4) is 11.5 Å². The van der Waals surface area contributed by atoms with E-state index in [1.807, 2.05) is 78.6 Å². The van der Waals surface area contributed by atoms with Crippen LogP contribution in [-0.4, -0.2) is 77.6 Å². The van der Waals surface area contributed by atoms with E-state index in [1.165, 1.54) is 0 Å². The maximum Gasteiger partial charge on any atom is 0.416 e. The van der Waals surface area contributed by atoms with Gasteiger partial charge < -0.3 is 19.4 Å². The van der Waals surface area contributed by atoms with Gasteiger partial charge in [-0.3, -0.25) is 14.6 Å². The van der Waals surface area contributed by atoms with Gasteiger partial charge in [-0.05, 0) is 73.4 Å². The molecule has 43 heavy (non-hydrogen) atoms. The fourth-order valence-corrected chi connectivity index (χ4v) is 6.28. The summed E-state index contributed by atoms with van der Waals surface area (Å²) in [5.41, 5.74) is 5.16. The van der Waals surface area contributed by atoms with E-state index in [0.29, 0.717) is 30.3 Å². The van der Waals surface area contributed by atoms with E-state index in [2.05, 4.69) is 9.88 Å². The van der Waals surface area contributed by atoms with Gasteiger partial charge in [0.1, 0.15) is 17.5 Å². The van der Waals surface area contributed by atoms with Gasteiger partial charge >= 0.3 is 6.09 Å². The number of H-pyrrole nitrogens is 1. The van der Waals surface area contributed by atoms with Crippen molar-refractivity contribution in [3.05, 3.63) is 94.1 Å². The predicted octanol–water partition coefficient (Wildman–Crippen LogP) is 6.21. The van der Waals surface area contributed by atoms with E-state index < -0.39 is 6.09 Å². The Morgan fingerprint density at radius 1 is 0.953 bits per heavy atom. The first-order valence-corrected chi connectivity index (χ1v) is 15.3. The van der Waals surface area contributed by atoms with Crippen LogP contribution in [-0.2, 0) is 11.2 Å². The van der Waals surface area contributed by atoms with Crippen LogP contribution in [0.25, 0.3) is 10.9 Å². The van der Waals surface area contributed by atoms with E-state index in [1.54, 1.807) is 11.8 Å². The molecule has 4 aromatic rings. The molecule has 1 atom stereocenters. The van der Waals surface area contributed by atoms with Crippen LogP contribution in [0.15, 0.2) is 66.7 Å². The first-order chi connectivity index (χ1) is 20.9. The molecule has 1 N–H and O–H groups in total. The van der Waals surface area contributed by atoms with Crippen LogP contribution in [0.1, 0.15) is 41.8 Å². The molecule has 0 bridgehead atoms. The molecule has 1 unspecified atom stereocenters. The van der Waals surface area contributed by atoms with Gasteiger partial charge in [0, 0.05) is 67.8 Å².